The summed E-state index contributed by atoms with van der Waals surface area (Å²) in [6, 6.07) is 0. The first-order valence-corrected chi connectivity index (χ1v) is 26.0. The summed E-state index contributed by atoms with van der Waals surface area (Å²) in [7, 11) is 0. The number of carbonyl (C=O) groups is 3. The van der Waals surface area contributed by atoms with Crippen molar-refractivity contribution < 1.29 is 28.6 Å². The van der Waals surface area contributed by atoms with Crippen molar-refractivity contribution in [1.82, 2.24) is 0 Å². The lowest BCUT2D eigenvalue weighted by Gasteiger charge is -2.18. The topological polar surface area (TPSA) is 78.9 Å². The first-order valence-electron chi connectivity index (χ1n) is 26.0. The minimum atomic E-state index is -0.824. The van der Waals surface area contributed by atoms with Gasteiger partial charge in [0, 0.05) is 19.3 Å². The van der Waals surface area contributed by atoms with Gasteiger partial charge >= 0.3 is 17.9 Å². The van der Waals surface area contributed by atoms with E-state index in [1.54, 1.807) is 0 Å². The lowest BCUT2D eigenvalue weighted by atomic mass is 10.1. The van der Waals surface area contributed by atoms with E-state index in [1.807, 2.05) is 109 Å². The number of esters is 3. The molecule has 0 aromatic carbocycles. The van der Waals surface area contributed by atoms with Crippen molar-refractivity contribution in [2.75, 3.05) is 13.2 Å². The number of hydrogen-bond acceptors (Lipinski definition) is 6. The lowest BCUT2D eigenvalue weighted by Crippen LogP contribution is -2.30. The Morgan fingerprint density at radius 2 is 0.606 bits per heavy atom. The normalized spacial score (nSPS) is 13.3. The molecule has 0 fully saturated rings. The fourth-order valence-corrected chi connectivity index (χ4v) is 6.49. The maximum Gasteiger partial charge on any atom is 0.306 e. The van der Waals surface area contributed by atoms with Crippen molar-refractivity contribution in [2.45, 2.75) is 200 Å². The molecule has 0 aliphatic carbocycles. The van der Waals surface area contributed by atoms with Gasteiger partial charge in [-0.1, -0.05) is 237 Å². The highest BCUT2D eigenvalue weighted by Crippen LogP contribution is 2.13. The maximum absolute atomic E-state index is 12.8. The van der Waals surface area contributed by atoms with Crippen LogP contribution in [-0.4, -0.2) is 37.2 Å². The zero-order valence-corrected chi connectivity index (χ0v) is 41.9. The quantitative estimate of drug-likeness (QED) is 0.0199. The Balaban J connectivity index is 4.58. The van der Waals surface area contributed by atoms with Crippen LogP contribution >= 0.6 is 0 Å². The Morgan fingerprint density at radius 3 is 0.985 bits per heavy atom. The molecule has 0 aliphatic heterocycles. The van der Waals surface area contributed by atoms with Crippen LogP contribution in [0.2, 0.25) is 0 Å². The highest BCUT2D eigenvalue weighted by atomic mass is 16.6. The zero-order valence-electron chi connectivity index (χ0n) is 41.9. The van der Waals surface area contributed by atoms with Crippen molar-refractivity contribution in [3.8, 4) is 0 Å². The number of rotatable bonds is 44. The molecular weight excluding hydrogens is 817 g/mol. The molecule has 0 aromatic rings. The summed E-state index contributed by atoms with van der Waals surface area (Å²) in [5.74, 6) is -1.02. The van der Waals surface area contributed by atoms with Gasteiger partial charge in [-0.15, -0.1) is 0 Å². The molecule has 1 atom stereocenters. The standard InChI is InChI=1S/C60H92O6/c1-4-7-10-13-16-19-22-25-27-29-30-31-33-35-38-41-44-47-50-53-59(62)65-56-57(55-64-58(61)52-49-46-43-40-37-34-24-21-18-15-12-9-6-3)66-60(63)54-51-48-45-42-39-36-32-28-26-23-20-17-14-11-8-5-2/h7,9-10,12-13,15-16,18-19,21-22,24-25,27-35,37-38,57H,4-6,8,11,14,17,20,23,26,36,39-56H2,1-3H3/b10-7-,12-9-,16-13-,18-15-,22-19-,24-21-,27-25-,30-29+,32-28-,33-31-,37-34-,38-35-. The predicted octanol–water partition coefficient (Wildman–Crippen LogP) is 17.3. The van der Waals surface area contributed by atoms with E-state index in [-0.39, 0.29) is 37.5 Å². The highest BCUT2D eigenvalue weighted by Gasteiger charge is 2.19. The van der Waals surface area contributed by atoms with Crippen molar-refractivity contribution in [3.63, 3.8) is 0 Å². The Kier molecular flexibility index (Phi) is 49.1. The third kappa shape index (κ3) is 50.3. The van der Waals surface area contributed by atoms with Crippen LogP contribution in [0.4, 0.5) is 0 Å². The monoisotopic (exact) mass is 909 g/mol. The fraction of sp³-hybridized carbons (Fsp3) is 0.550. The Bertz CT molecular complexity index is 1510. The van der Waals surface area contributed by atoms with Gasteiger partial charge in [0.25, 0.3) is 0 Å². The van der Waals surface area contributed by atoms with Crippen LogP contribution < -0.4 is 0 Å². The molecular formula is C60H92O6. The van der Waals surface area contributed by atoms with Gasteiger partial charge in [0.2, 0.25) is 0 Å². The smallest absolute Gasteiger partial charge is 0.306 e. The highest BCUT2D eigenvalue weighted by molar-refractivity contribution is 5.71. The van der Waals surface area contributed by atoms with Gasteiger partial charge < -0.3 is 14.2 Å². The molecule has 0 saturated heterocycles. The fourth-order valence-electron chi connectivity index (χ4n) is 6.49. The van der Waals surface area contributed by atoms with E-state index >= 15 is 0 Å². The SMILES string of the molecule is CC\C=C/C=C\C=C/C=C\C=C\C=C/C=C\CCCCCC(=O)OCC(COC(=O)CCCCC\C=C/C=C\C=C/C=C\CC)OC(=O)CCCCCCC/C=C\CCCCCCCCC. The van der Waals surface area contributed by atoms with Gasteiger partial charge in [0.15, 0.2) is 6.10 Å². The van der Waals surface area contributed by atoms with Crippen LogP contribution in [0.3, 0.4) is 0 Å². The second kappa shape index (κ2) is 52.9. The van der Waals surface area contributed by atoms with Crippen molar-refractivity contribution in [2.24, 2.45) is 0 Å². The van der Waals surface area contributed by atoms with E-state index in [1.165, 1.54) is 57.8 Å². The summed E-state index contributed by atoms with van der Waals surface area (Å²) >= 11 is 0. The van der Waals surface area contributed by atoms with Crippen molar-refractivity contribution >= 4 is 17.9 Å². The number of hydrogen-bond donors (Lipinski definition) is 0. The van der Waals surface area contributed by atoms with E-state index in [4.69, 9.17) is 14.2 Å². The van der Waals surface area contributed by atoms with Gasteiger partial charge in [-0.3, -0.25) is 14.4 Å². The third-order valence-electron chi connectivity index (χ3n) is 10.3. The van der Waals surface area contributed by atoms with Gasteiger partial charge in [-0.05, 0) is 83.5 Å². The van der Waals surface area contributed by atoms with Crippen LogP contribution in [0.15, 0.2) is 146 Å². The number of ether oxygens (including phenoxy) is 3. The molecule has 368 valence electrons. The summed E-state index contributed by atoms with van der Waals surface area (Å²) in [6.07, 6.45) is 75.4. The molecule has 1 unspecified atom stereocenters. The number of unbranched alkanes of at least 4 members (excludes halogenated alkanes) is 18. The Hall–Kier alpha value is -4.71. The largest absolute Gasteiger partial charge is 0.462 e. The summed E-state index contributed by atoms with van der Waals surface area (Å²) in [6.45, 7) is 6.24. The minimum Gasteiger partial charge on any atom is -0.462 e. The molecule has 0 N–H and O–H groups in total. The molecule has 0 heterocycles. The molecule has 0 amide bonds. The lowest BCUT2D eigenvalue weighted by molar-refractivity contribution is -0.167. The molecule has 0 rings (SSSR count). The molecule has 6 nitrogen and oxygen atoms in total. The average molecular weight is 909 g/mol. The number of carbonyl (C=O) groups excluding carboxylic acids is 3. The van der Waals surface area contributed by atoms with E-state index in [0.29, 0.717) is 19.3 Å². The Labute approximate surface area is 404 Å². The molecule has 66 heavy (non-hydrogen) atoms. The van der Waals surface area contributed by atoms with Crippen LogP contribution in [0.25, 0.3) is 0 Å². The van der Waals surface area contributed by atoms with Gasteiger partial charge in [-0.25, -0.2) is 0 Å². The average Bonchev–Trinajstić information content (AvgIpc) is 3.31. The number of allylic oxidation sites excluding steroid dienone is 24. The first kappa shape index (κ1) is 61.3. The molecule has 0 saturated carbocycles. The van der Waals surface area contributed by atoms with Crippen molar-refractivity contribution in [1.29, 1.82) is 0 Å². The van der Waals surface area contributed by atoms with E-state index < -0.39 is 6.10 Å². The third-order valence-corrected chi connectivity index (χ3v) is 10.3. The Morgan fingerprint density at radius 1 is 0.318 bits per heavy atom. The summed E-state index contributed by atoms with van der Waals surface area (Å²) in [5, 5.41) is 0. The maximum atomic E-state index is 12.8. The minimum absolute atomic E-state index is 0.123. The molecule has 0 aliphatic rings. The van der Waals surface area contributed by atoms with Gasteiger partial charge in [0.1, 0.15) is 13.2 Å². The van der Waals surface area contributed by atoms with Crippen LogP contribution in [0.1, 0.15) is 194 Å². The molecule has 0 radical (unpaired) electrons. The second-order valence-electron chi connectivity index (χ2n) is 16.6. The van der Waals surface area contributed by atoms with E-state index in [9.17, 15) is 14.4 Å². The van der Waals surface area contributed by atoms with Crippen LogP contribution in [0.5, 0.6) is 0 Å². The summed E-state index contributed by atoms with van der Waals surface area (Å²) in [5.41, 5.74) is 0. The zero-order chi connectivity index (χ0) is 47.9. The predicted molar refractivity (Wildman–Crippen MR) is 283 cm³/mol. The molecule has 0 bridgehead atoms. The first-order chi connectivity index (χ1) is 32.5. The molecule has 6 heteroatoms. The van der Waals surface area contributed by atoms with E-state index in [2.05, 4.69) is 57.2 Å². The summed E-state index contributed by atoms with van der Waals surface area (Å²) < 4.78 is 16.7. The summed E-state index contributed by atoms with van der Waals surface area (Å²) in [4.78, 5) is 38.0. The van der Waals surface area contributed by atoms with Gasteiger partial charge in [0.05, 0.1) is 0 Å². The van der Waals surface area contributed by atoms with Crippen molar-refractivity contribution in [3.05, 3.63) is 146 Å². The second-order valence-corrected chi connectivity index (χ2v) is 16.6. The molecule has 0 spiro atoms. The van der Waals surface area contributed by atoms with E-state index in [0.717, 1.165) is 89.9 Å². The van der Waals surface area contributed by atoms with Crippen LogP contribution in [0, 0.1) is 0 Å². The molecule has 0 aromatic heterocycles. The van der Waals surface area contributed by atoms with Gasteiger partial charge in [-0.2, -0.15) is 0 Å². The van der Waals surface area contributed by atoms with Crippen LogP contribution in [-0.2, 0) is 28.6 Å².